The van der Waals surface area contributed by atoms with Crippen LogP contribution in [-0.4, -0.2) is 27.7 Å². The highest BCUT2D eigenvalue weighted by atomic mass is 35.5. The van der Waals surface area contributed by atoms with Gasteiger partial charge < -0.3 is 20.3 Å². The molecule has 0 bridgehead atoms. The van der Waals surface area contributed by atoms with Crippen molar-refractivity contribution >= 4 is 35.0 Å². The van der Waals surface area contributed by atoms with E-state index < -0.39 is 23.5 Å². The van der Waals surface area contributed by atoms with Gasteiger partial charge in [-0.2, -0.15) is 9.37 Å². The minimum Gasteiger partial charge on any atom is -0.507 e. The van der Waals surface area contributed by atoms with Gasteiger partial charge in [-0.05, 0) is 23.6 Å². The molecule has 2 aromatic carbocycles. The van der Waals surface area contributed by atoms with Gasteiger partial charge in [0.05, 0.1) is 0 Å². The highest BCUT2D eigenvalue weighted by molar-refractivity contribution is 6.38. The average molecular weight is 465 g/mol. The molecule has 3 rings (SSSR count). The lowest BCUT2D eigenvalue weighted by atomic mass is 9.96. The molecule has 0 radical (unpaired) electrons. The first-order valence-electron chi connectivity index (χ1n) is 9.29. The number of phenolic OH excluding ortho intramolecular Hbond substituents is 1. The van der Waals surface area contributed by atoms with E-state index in [0.29, 0.717) is 16.9 Å². The van der Waals surface area contributed by atoms with Gasteiger partial charge in [-0.3, -0.25) is 4.79 Å². The summed E-state index contributed by atoms with van der Waals surface area (Å²) in [6.45, 7) is 3.28. The summed E-state index contributed by atoms with van der Waals surface area (Å²) in [6.07, 6.45) is 0. The maximum absolute atomic E-state index is 14.3. The monoisotopic (exact) mass is 464 g/mol. The lowest BCUT2D eigenvalue weighted by Gasteiger charge is -2.19. The second-order valence-electron chi connectivity index (χ2n) is 6.99. The van der Waals surface area contributed by atoms with Crippen LogP contribution in [0.3, 0.4) is 0 Å². The summed E-state index contributed by atoms with van der Waals surface area (Å²) in [7, 11) is 0. The summed E-state index contributed by atoms with van der Waals surface area (Å²) in [5.41, 5.74) is 1.90. The van der Waals surface area contributed by atoms with E-state index in [1.165, 1.54) is 0 Å². The van der Waals surface area contributed by atoms with Crippen molar-refractivity contribution in [3.8, 4) is 28.4 Å². The molecular formula is C22H19Cl2FN2O4. The van der Waals surface area contributed by atoms with Crippen LogP contribution in [0.25, 0.3) is 11.1 Å². The van der Waals surface area contributed by atoms with Crippen LogP contribution in [0.1, 0.15) is 25.3 Å². The van der Waals surface area contributed by atoms with Crippen molar-refractivity contribution in [2.75, 3.05) is 11.9 Å². The largest absolute Gasteiger partial charge is 0.507 e. The summed E-state index contributed by atoms with van der Waals surface area (Å²) in [6, 6.07) is 12.4. The SMILES string of the molecule is CC(C)c1cc(O)c(-c2ccccc2)cc1Oc1c(Cl)c(F)nc(NCC(=O)O)c1Cl. The molecule has 0 saturated carbocycles. The molecule has 0 saturated heterocycles. The van der Waals surface area contributed by atoms with Gasteiger partial charge >= 0.3 is 5.97 Å². The Morgan fingerprint density at radius 3 is 2.48 bits per heavy atom. The van der Waals surface area contributed by atoms with Crippen LogP contribution in [0.2, 0.25) is 10.0 Å². The van der Waals surface area contributed by atoms with E-state index in [2.05, 4.69) is 10.3 Å². The molecule has 0 spiro atoms. The van der Waals surface area contributed by atoms with Crippen LogP contribution >= 0.6 is 23.2 Å². The zero-order valence-electron chi connectivity index (χ0n) is 16.6. The maximum Gasteiger partial charge on any atom is 0.322 e. The number of phenols is 1. The summed E-state index contributed by atoms with van der Waals surface area (Å²) in [5.74, 6) is -2.36. The number of carboxylic acid groups (broad SMARTS) is 1. The Morgan fingerprint density at radius 2 is 1.87 bits per heavy atom. The van der Waals surface area contributed by atoms with E-state index in [1.807, 2.05) is 44.2 Å². The van der Waals surface area contributed by atoms with Gasteiger partial charge in [0, 0.05) is 11.1 Å². The molecule has 9 heteroatoms. The second-order valence-corrected chi connectivity index (χ2v) is 7.74. The molecule has 0 amide bonds. The van der Waals surface area contributed by atoms with E-state index >= 15 is 0 Å². The second kappa shape index (κ2) is 9.41. The lowest BCUT2D eigenvalue weighted by molar-refractivity contribution is -0.134. The average Bonchev–Trinajstić information content (AvgIpc) is 2.73. The summed E-state index contributed by atoms with van der Waals surface area (Å²) in [5, 5.41) is 21.2. The number of nitrogens with one attached hydrogen (secondary N) is 1. The van der Waals surface area contributed by atoms with Crippen LogP contribution < -0.4 is 10.1 Å². The third-order valence-corrected chi connectivity index (χ3v) is 5.13. The van der Waals surface area contributed by atoms with Crippen LogP contribution in [0.5, 0.6) is 17.2 Å². The highest BCUT2D eigenvalue weighted by Crippen LogP contribution is 2.45. The Kier molecular flexibility index (Phi) is 6.87. The van der Waals surface area contributed by atoms with E-state index in [-0.39, 0.29) is 28.3 Å². The van der Waals surface area contributed by atoms with Crippen LogP contribution in [-0.2, 0) is 4.79 Å². The summed E-state index contributed by atoms with van der Waals surface area (Å²) < 4.78 is 20.2. The van der Waals surface area contributed by atoms with Crippen molar-refractivity contribution in [1.29, 1.82) is 0 Å². The Labute approximate surface area is 188 Å². The van der Waals surface area contributed by atoms with Crippen LogP contribution in [0.4, 0.5) is 10.2 Å². The Morgan fingerprint density at radius 1 is 1.19 bits per heavy atom. The number of aliphatic carboxylic acids is 1. The number of carbonyl (C=O) groups is 1. The lowest BCUT2D eigenvalue weighted by Crippen LogP contribution is -2.14. The first kappa shape index (κ1) is 22.7. The number of aromatic hydroxyl groups is 1. The predicted octanol–water partition coefficient (Wildman–Crippen LogP) is 6.31. The Bertz CT molecular complexity index is 1120. The number of halogens is 3. The fourth-order valence-electron chi connectivity index (χ4n) is 2.94. The van der Waals surface area contributed by atoms with Gasteiger partial charge in [0.2, 0.25) is 5.95 Å². The predicted molar refractivity (Wildman–Crippen MR) is 118 cm³/mol. The molecule has 3 aromatic rings. The van der Waals surface area contributed by atoms with Crippen LogP contribution in [0.15, 0.2) is 42.5 Å². The van der Waals surface area contributed by atoms with E-state index in [4.69, 9.17) is 33.0 Å². The van der Waals surface area contributed by atoms with Crippen molar-refractivity contribution in [3.05, 3.63) is 64.0 Å². The van der Waals surface area contributed by atoms with E-state index in [0.717, 1.165) is 5.56 Å². The fourth-order valence-corrected chi connectivity index (χ4v) is 3.41. The van der Waals surface area contributed by atoms with Gasteiger partial charge in [0.25, 0.3) is 0 Å². The quantitative estimate of drug-likeness (QED) is 0.354. The van der Waals surface area contributed by atoms with Gasteiger partial charge in [0.1, 0.15) is 28.1 Å². The fraction of sp³-hybridized carbons (Fsp3) is 0.182. The Hall–Kier alpha value is -3.03. The molecule has 6 nitrogen and oxygen atoms in total. The molecule has 31 heavy (non-hydrogen) atoms. The van der Waals surface area contributed by atoms with Crippen molar-refractivity contribution in [3.63, 3.8) is 0 Å². The summed E-state index contributed by atoms with van der Waals surface area (Å²) >= 11 is 12.4. The molecule has 0 aliphatic rings. The van der Waals surface area contributed by atoms with Crippen molar-refractivity contribution < 1.29 is 24.1 Å². The maximum atomic E-state index is 14.3. The molecule has 0 aliphatic heterocycles. The first-order valence-corrected chi connectivity index (χ1v) is 10.0. The van der Waals surface area contributed by atoms with Crippen molar-refractivity contribution in [2.24, 2.45) is 0 Å². The van der Waals surface area contributed by atoms with Crippen LogP contribution in [0, 0.1) is 5.95 Å². The molecule has 1 aromatic heterocycles. The number of hydrogen-bond acceptors (Lipinski definition) is 5. The normalized spacial score (nSPS) is 10.9. The number of hydrogen-bond donors (Lipinski definition) is 3. The van der Waals surface area contributed by atoms with Crippen molar-refractivity contribution in [1.82, 2.24) is 4.98 Å². The van der Waals surface area contributed by atoms with Gasteiger partial charge in [0.15, 0.2) is 11.6 Å². The first-order chi connectivity index (χ1) is 14.7. The number of carboxylic acids is 1. The minimum atomic E-state index is -1.18. The molecule has 0 atom stereocenters. The number of nitrogens with zero attached hydrogens (tertiary/aromatic N) is 1. The number of benzene rings is 2. The highest BCUT2D eigenvalue weighted by Gasteiger charge is 2.23. The molecular weight excluding hydrogens is 446 g/mol. The Balaban J connectivity index is 2.12. The van der Waals surface area contributed by atoms with Gasteiger partial charge in [-0.25, -0.2) is 0 Å². The molecule has 0 fully saturated rings. The van der Waals surface area contributed by atoms with Crippen molar-refractivity contribution in [2.45, 2.75) is 19.8 Å². The number of rotatable bonds is 7. The third-order valence-electron chi connectivity index (χ3n) is 4.45. The molecule has 0 unspecified atom stereocenters. The molecule has 162 valence electrons. The van der Waals surface area contributed by atoms with Gasteiger partial charge in [-0.1, -0.05) is 67.4 Å². The zero-order chi connectivity index (χ0) is 22.7. The molecule has 1 heterocycles. The van der Waals surface area contributed by atoms with E-state index in [1.54, 1.807) is 12.1 Å². The zero-order valence-corrected chi connectivity index (χ0v) is 18.1. The smallest absolute Gasteiger partial charge is 0.322 e. The summed E-state index contributed by atoms with van der Waals surface area (Å²) in [4.78, 5) is 14.4. The minimum absolute atomic E-state index is 0.0560. The number of pyridine rings is 1. The van der Waals surface area contributed by atoms with Gasteiger partial charge in [-0.15, -0.1) is 0 Å². The third kappa shape index (κ3) is 5.00. The topological polar surface area (TPSA) is 91.7 Å². The number of anilines is 1. The molecule has 3 N–H and O–H groups in total. The standard InChI is InChI=1S/C22H19Cl2FN2O4/c1-11(2)13-8-15(28)14(12-6-4-3-5-7-12)9-16(13)31-20-18(23)21(25)27-22(19(20)24)26-10-17(29)30/h3-9,11,28H,10H2,1-2H3,(H,26,27)(H,29,30). The van der Waals surface area contributed by atoms with E-state index in [9.17, 15) is 14.3 Å². The number of ether oxygens (including phenoxy) is 1. The number of aromatic nitrogens is 1. The molecule has 0 aliphatic carbocycles.